The summed E-state index contributed by atoms with van der Waals surface area (Å²) in [6.07, 6.45) is 0. The molecule has 0 saturated heterocycles. The molecule has 0 heterocycles. The number of nitrogens with zero attached hydrogens (tertiary/aromatic N) is 1. The van der Waals surface area contributed by atoms with Crippen molar-refractivity contribution in [1.82, 2.24) is 4.90 Å². The first-order valence-corrected chi connectivity index (χ1v) is 7.54. The third kappa shape index (κ3) is 4.16. The second kappa shape index (κ2) is 6.88. The topological polar surface area (TPSA) is 29.3 Å². The normalized spacial score (nSPS) is 12.1. The summed E-state index contributed by atoms with van der Waals surface area (Å²) >= 11 is 0. The van der Waals surface area contributed by atoms with Gasteiger partial charge in [-0.2, -0.15) is 0 Å². The molecule has 2 rings (SSSR count). The Morgan fingerprint density at radius 2 is 1.33 bits per heavy atom. The molecule has 0 aliphatic rings. The van der Waals surface area contributed by atoms with Crippen LogP contribution in [0.2, 0.25) is 0 Å². The van der Waals surface area contributed by atoms with Crippen molar-refractivity contribution in [2.24, 2.45) is 11.1 Å². The van der Waals surface area contributed by atoms with E-state index in [9.17, 15) is 0 Å². The third-order valence-corrected chi connectivity index (χ3v) is 3.90. The summed E-state index contributed by atoms with van der Waals surface area (Å²) in [6, 6.07) is 21.6. The van der Waals surface area contributed by atoms with Gasteiger partial charge in [-0.05, 0) is 30.1 Å². The van der Waals surface area contributed by atoms with Crippen LogP contribution in [0.4, 0.5) is 0 Å². The zero-order valence-electron chi connectivity index (χ0n) is 13.3. The van der Waals surface area contributed by atoms with Crippen molar-refractivity contribution in [3.8, 4) is 0 Å². The zero-order chi connectivity index (χ0) is 15.3. The molecule has 112 valence electrons. The van der Waals surface area contributed by atoms with E-state index < -0.39 is 0 Å². The molecule has 2 aromatic carbocycles. The van der Waals surface area contributed by atoms with E-state index in [1.54, 1.807) is 0 Å². The molecular formula is C19H26N2. The molecule has 2 heteroatoms. The summed E-state index contributed by atoms with van der Waals surface area (Å²) in [6.45, 7) is 6.08. The lowest BCUT2D eigenvalue weighted by atomic mass is 9.90. The molecule has 0 atom stereocenters. The minimum Gasteiger partial charge on any atom is -0.330 e. The van der Waals surface area contributed by atoms with Crippen LogP contribution in [0.5, 0.6) is 0 Å². The van der Waals surface area contributed by atoms with Crippen molar-refractivity contribution in [3.05, 3.63) is 71.8 Å². The van der Waals surface area contributed by atoms with Crippen LogP contribution < -0.4 is 5.73 Å². The molecule has 2 aromatic rings. The molecule has 0 amide bonds. The third-order valence-electron chi connectivity index (χ3n) is 3.90. The van der Waals surface area contributed by atoms with Crippen LogP contribution in [-0.2, 0) is 0 Å². The molecule has 0 aromatic heterocycles. The average molecular weight is 282 g/mol. The lowest BCUT2D eigenvalue weighted by molar-refractivity contribution is 0.184. The van der Waals surface area contributed by atoms with Gasteiger partial charge >= 0.3 is 0 Å². The van der Waals surface area contributed by atoms with Gasteiger partial charge in [0.25, 0.3) is 0 Å². The van der Waals surface area contributed by atoms with E-state index in [2.05, 4.69) is 86.5 Å². The fourth-order valence-corrected chi connectivity index (χ4v) is 2.80. The predicted molar refractivity (Wildman–Crippen MR) is 90.2 cm³/mol. The Morgan fingerprint density at radius 1 is 0.905 bits per heavy atom. The Bertz CT molecular complexity index is 495. The average Bonchev–Trinajstić information content (AvgIpc) is 2.49. The van der Waals surface area contributed by atoms with Gasteiger partial charge in [-0.3, -0.25) is 4.90 Å². The van der Waals surface area contributed by atoms with Gasteiger partial charge in [0.1, 0.15) is 0 Å². The van der Waals surface area contributed by atoms with Crippen LogP contribution in [0.1, 0.15) is 31.0 Å². The first-order chi connectivity index (χ1) is 10.0. The van der Waals surface area contributed by atoms with E-state index in [-0.39, 0.29) is 11.5 Å². The molecule has 0 fully saturated rings. The van der Waals surface area contributed by atoms with Crippen LogP contribution >= 0.6 is 0 Å². The summed E-state index contributed by atoms with van der Waals surface area (Å²) in [5, 5.41) is 0. The monoisotopic (exact) mass is 282 g/mol. The van der Waals surface area contributed by atoms with Crippen LogP contribution in [0.3, 0.4) is 0 Å². The molecule has 0 spiro atoms. The highest BCUT2D eigenvalue weighted by atomic mass is 15.1. The van der Waals surface area contributed by atoms with Crippen molar-refractivity contribution in [1.29, 1.82) is 0 Å². The fourth-order valence-electron chi connectivity index (χ4n) is 2.80. The van der Waals surface area contributed by atoms with E-state index in [1.807, 2.05) is 0 Å². The highest BCUT2D eigenvalue weighted by Crippen LogP contribution is 2.29. The first-order valence-electron chi connectivity index (χ1n) is 7.54. The molecule has 0 radical (unpaired) electrons. The van der Waals surface area contributed by atoms with Crippen molar-refractivity contribution in [2.45, 2.75) is 19.9 Å². The van der Waals surface area contributed by atoms with E-state index >= 15 is 0 Å². The van der Waals surface area contributed by atoms with Crippen molar-refractivity contribution < 1.29 is 0 Å². The smallest absolute Gasteiger partial charge is 0.0599 e. The van der Waals surface area contributed by atoms with Crippen LogP contribution in [0.15, 0.2) is 60.7 Å². The summed E-state index contributed by atoms with van der Waals surface area (Å²) in [5.74, 6) is 0. The largest absolute Gasteiger partial charge is 0.330 e. The van der Waals surface area contributed by atoms with Gasteiger partial charge in [-0.1, -0.05) is 74.5 Å². The van der Waals surface area contributed by atoms with Crippen molar-refractivity contribution in [2.75, 3.05) is 20.1 Å². The Labute approximate surface area is 128 Å². The maximum atomic E-state index is 5.91. The van der Waals surface area contributed by atoms with Gasteiger partial charge < -0.3 is 5.73 Å². The number of hydrogen-bond donors (Lipinski definition) is 1. The van der Waals surface area contributed by atoms with E-state index in [0.29, 0.717) is 6.54 Å². The van der Waals surface area contributed by atoms with E-state index in [1.165, 1.54) is 11.1 Å². The number of nitrogens with two attached hydrogens (primary N) is 1. The number of rotatable bonds is 6. The molecule has 0 aliphatic carbocycles. The molecule has 0 bridgehead atoms. The summed E-state index contributed by atoms with van der Waals surface area (Å²) < 4.78 is 0. The summed E-state index contributed by atoms with van der Waals surface area (Å²) in [4.78, 5) is 2.40. The summed E-state index contributed by atoms with van der Waals surface area (Å²) in [5.41, 5.74) is 8.65. The number of hydrogen-bond acceptors (Lipinski definition) is 2. The van der Waals surface area contributed by atoms with E-state index in [0.717, 1.165) is 6.54 Å². The SMILES string of the molecule is CN(CC(C)(C)CN)C(c1ccccc1)c1ccccc1. The molecule has 2 N–H and O–H groups in total. The zero-order valence-corrected chi connectivity index (χ0v) is 13.3. The van der Waals surface area contributed by atoms with Crippen LogP contribution in [0, 0.1) is 5.41 Å². The molecule has 0 aliphatic heterocycles. The Kier molecular flexibility index (Phi) is 5.16. The van der Waals surface area contributed by atoms with Crippen LogP contribution in [0.25, 0.3) is 0 Å². The maximum absolute atomic E-state index is 5.91. The Morgan fingerprint density at radius 3 is 1.71 bits per heavy atom. The van der Waals surface area contributed by atoms with Gasteiger partial charge in [0, 0.05) is 6.54 Å². The fraction of sp³-hybridized carbons (Fsp3) is 0.368. The second-order valence-corrected chi connectivity index (χ2v) is 6.51. The first kappa shape index (κ1) is 15.7. The lowest BCUT2D eigenvalue weighted by Gasteiger charge is -2.35. The molecule has 0 saturated carbocycles. The summed E-state index contributed by atoms with van der Waals surface area (Å²) in [7, 11) is 2.18. The highest BCUT2D eigenvalue weighted by Gasteiger charge is 2.25. The van der Waals surface area contributed by atoms with Gasteiger partial charge in [0.05, 0.1) is 6.04 Å². The van der Waals surface area contributed by atoms with Crippen LogP contribution in [-0.4, -0.2) is 25.0 Å². The standard InChI is InChI=1S/C19H26N2/c1-19(2,14-20)15-21(3)18(16-10-6-4-7-11-16)17-12-8-5-9-13-17/h4-13,18H,14-15,20H2,1-3H3. The molecule has 21 heavy (non-hydrogen) atoms. The maximum Gasteiger partial charge on any atom is 0.0599 e. The van der Waals surface area contributed by atoms with Gasteiger partial charge in [0.15, 0.2) is 0 Å². The predicted octanol–water partition coefficient (Wildman–Crippen LogP) is 3.69. The molecular weight excluding hydrogens is 256 g/mol. The molecule has 0 unspecified atom stereocenters. The Hall–Kier alpha value is -1.64. The minimum absolute atomic E-state index is 0.108. The van der Waals surface area contributed by atoms with Gasteiger partial charge in [0.2, 0.25) is 0 Å². The minimum atomic E-state index is 0.108. The highest BCUT2D eigenvalue weighted by molar-refractivity contribution is 5.31. The van der Waals surface area contributed by atoms with Gasteiger partial charge in [-0.25, -0.2) is 0 Å². The lowest BCUT2D eigenvalue weighted by Crippen LogP contribution is -2.38. The Balaban J connectivity index is 2.33. The molecule has 2 nitrogen and oxygen atoms in total. The second-order valence-electron chi connectivity index (χ2n) is 6.51. The van der Waals surface area contributed by atoms with Crippen molar-refractivity contribution >= 4 is 0 Å². The van der Waals surface area contributed by atoms with Gasteiger partial charge in [-0.15, -0.1) is 0 Å². The van der Waals surface area contributed by atoms with E-state index in [4.69, 9.17) is 5.73 Å². The number of benzene rings is 2. The van der Waals surface area contributed by atoms with Crippen molar-refractivity contribution in [3.63, 3.8) is 0 Å². The quantitative estimate of drug-likeness (QED) is 0.875.